The number of hydrazine groups is 2. The van der Waals surface area contributed by atoms with Gasteiger partial charge >= 0.3 is 0 Å². The lowest BCUT2D eigenvalue weighted by Gasteiger charge is -2.40. The minimum Gasteiger partial charge on any atom is -0.381 e. The van der Waals surface area contributed by atoms with Crippen LogP contribution in [0.3, 0.4) is 0 Å². The quantitative estimate of drug-likeness (QED) is 0.198. The highest BCUT2D eigenvalue weighted by Crippen LogP contribution is 2.40. The van der Waals surface area contributed by atoms with Crippen LogP contribution in [0.15, 0.2) is 51.6 Å². The number of nitrogens with two attached hydrogens (primary N) is 2. The predicted octanol–water partition coefficient (Wildman–Crippen LogP) is 2.20. The molecule has 2 heterocycles. The van der Waals surface area contributed by atoms with Gasteiger partial charge in [0.1, 0.15) is 5.54 Å². The highest BCUT2D eigenvalue weighted by Gasteiger charge is 2.42. The lowest BCUT2D eigenvalue weighted by molar-refractivity contribution is 0.0776. The van der Waals surface area contributed by atoms with Crippen LogP contribution < -0.4 is 27.9 Å². The van der Waals surface area contributed by atoms with E-state index < -0.39 is 17.4 Å². The molecule has 2 aliphatic rings. The van der Waals surface area contributed by atoms with Crippen LogP contribution in [0.1, 0.15) is 39.1 Å². The Balaban J connectivity index is 1.74. The number of amides is 2. The number of hydrogen-bond donors (Lipinski definition) is 5. The van der Waals surface area contributed by atoms with Crippen LogP contribution in [0.4, 0.5) is 11.4 Å². The van der Waals surface area contributed by atoms with Crippen LogP contribution >= 0.6 is 11.6 Å². The summed E-state index contributed by atoms with van der Waals surface area (Å²) in [5.41, 5.74) is 5.46. The number of rotatable bonds is 4. The maximum atomic E-state index is 12.3. The molecule has 12 heteroatoms. The van der Waals surface area contributed by atoms with Crippen LogP contribution in [0, 0.1) is 0 Å². The monoisotopic (exact) mass is 470 g/mol. The molecule has 2 aliphatic heterocycles. The van der Waals surface area contributed by atoms with Gasteiger partial charge in [0.15, 0.2) is 5.84 Å². The van der Waals surface area contributed by atoms with Crippen molar-refractivity contribution in [2.75, 3.05) is 18.5 Å². The van der Waals surface area contributed by atoms with Crippen molar-refractivity contribution in [3.8, 4) is 0 Å². The molecule has 0 bridgehead atoms. The lowest BCUT2D eigenvalue weighted by atomic mass is 9.86. The van der Waals surface area contributed by atoms with Crippen molar-refractivity contribution >= 4 is 40.6 Å². The molecule has 11 nitrogen and oxygen atoms in total. The summed E-state index contributed by atoms with van der Waals surface area (Å²) in [6, 6.07) is 10.4. The molecule has 2 aromatic carbocycles. The van der Waals surface area contributed by atoms with Crippen LogP contribution in [0.5, 0.6) is 0 Å². The molecule has 2 aromatic rings. The van der Waals surface area contributed by atoms with E-state index in [2.05, 4.69) is 15.5 Å². The van der Waals surface area contributed by atoms with Crippen LogP contribution in [0.25, 0.3) is 0 Å². The summed E-state index contributed by atoms with van der Waals surface area (Å²) >= 11 is 6.05. The van der Waals surface area contributed by atoms with Gasteiger partial charge in [-0.3, -0.25) is 20.4 Å². The first kappa shape index (κ1) is 22.8. The largest absolute Gasteiger partial charge is 0.381 e. The van der Waals surface area contributed by atoms with E-state index in [1.165, 1.54) is 12.1 Å². The Bertz CT molecular complexity index is 1140. The molecule has 1 spiro atoms. The highest BCUT2D eigenvalue weighted by molar-refractivity contribution is 6.30. The summed E-state index contributed by atoms with van der Waals surface area (Å²) in [5, 5.41) is 12.9. The SMILES string of the molecule is NNC(=O)c1cc2c(cc1C(=O)NN)NC1(CCOCC1)C(N=NCc1cccc(Cl)c1)=N2. The van der Waals surface area contributed by atoms with Gasteiger partial charge in [0.2, 0.25) is 0 Å². The molecule has 0 saturated carbocycles. The van der Waals surface area contributed by atoms with E-state index in [-0.39, 0.29) is 11.1 Å². The molecule has 0 aliphatic carbocycles. The third-order valence-corrected chi connectivity index (χ3v) is 5.80. The predicted molar refractivity (Wildman–Crippen MR) is 123 cm³/mol. The Hall–Kier alpha value is -3.38. The zero-order valence-corrected chi connectivity index (χ0v) is 18.4. The Kier molecular flexibility index (Phi) is 6.65. The van der Waals surface area contributed by atoms with Crippen molar-refractivity contribution in [3.05, 3.63) is 58.1 Å². The van der Waals surface area contributed by atoms with Gasteiger partial charge in [-0.1, -0.05) is 23.7 Å². The number of carbonyl (C=O) groups is 2. The summed E-state index contributed by atoms with van der Waals surface area (Å²) in [5.74, 6) is 9.78. The summed E-state index contributed by atoms with van der Waals surface area (Å²) in [6.07, 6.45) is 1.20. The molecular weight excluding hydrogens is 448 g/mol. The fourth-order valence-corrected chi connectivity index (χ4v) is 4.07. The number of halogens is 1. The van der Waals surface area contributed by atoms with Gasteiger partial charge in [0.25, 0.3) is 11.8 Å². The number of amidine groups is 1. The lowest BCUT2D eigenvalue weighted by Crippen LogP contribution is -2.51. The number of carbonyl (C=O) groups excluding carboxylic acids is 2. The maximum Gasteiger partial charge on any atom is 0.266 e. The molecule has 2 amide bonds. The molecule has 7 N–H and O–H groups in total. The molecular formula is C21H23ClN8O3. The number of azo groups is 1. The fourth-order valence-electron chi connectivity index (χ4n) is 3.85. The number of nitrogens with zero attached hydrogens (tertiary/aromatic N) is 3. The minimum atomic E-state index is -0.651. The van der Waals surface area contributed by atoms with Gasteiger partial charge in [0, 0.05) is 31.1 Å². The summed E-state index contributed by atoms with van der Waals surface area (Å²) in [7, 11) is 0. The van der Waals surface area contributed by atoms with Crippen LogP contribution in [-0.4, -0.2) is 36.4 Å². The topological polar surface area (TPSA) is 169 Å². The summed E-state index contributed by atoms with van der Waals surface area (Å²) in [4.78, 5) is 29.3. The second-order valence-corrected chi connectivity index (χ2v) is 8.08. The minimum absolute atomic E-state index is 0.0305. The molecule has 33 heavy (non-hydrogen) atoms. The number of aliphatic imine (C=N–C) groups is 1. The van der Waals surface area contributed by atoms with Gasteiger partial charge in [-0.05, 0) is 29.8 Å². The van der Waals surface area contributed by atoms with Crippen molar-refractivity contribution in [2.24, 2.45) is 26.9 Å². The highest BCUT2D eigenvalue weighted by atomic mass is 35.5. The third kappa shape index (κ3) is 4.71. The molecule has 0 unspecified atom stereocenters. The molecule has 0 atom stereocenters. The molecule has 0 radical (unpaired) electrons. The number of fused-ring (bicyclic) bond motifs is 1. The molecule has 0 aromatic heterocycles. The first-order valence-corrected chi connectivity index (χ1v) is 10.6. The average Bonchev–Trinajstić information content (AvgIpc) is 2.83. The fraction of sp³-hybridized carbons (Fsp3) is 0.286. The second-order valence-electron chi connectivity index (χ2n) is 7.65. The van der Waals surface area contributed by atoms with Gasteiger partial charge in [-0.15, -0.1) is 5.11 Å². The number of nitrogen functional groups attached to an aromatic ring is 2. The van der Waals surface area contributed by atoms with E-state index in [9.17, 15) is 9.59 Å². The van der Waals surface area contributed by atoms with Crippen molar-refractivity contribution < 1.29 is 14.3 Å². The molecule has 1 saturated heterocycles. The first-order valence-electron chi connectivity index (χ1n) is 10.2. The Labute approximate surface area is 194 Å². The Morgan fingerprint density at radius 2 is 1.82 bits per heavy atom. The smallest absolute Gasteiger partial charge is 0.266 e. The van der Waals surface area contributed by atoms with Crippen molar-refractivity contribution in [3.63, 3.8) is 0 Å². The zero-order valence-electron chi connectivity index (χ0n) is 17.6. The van der Waals surface area contributed by atoms with Gasteiger partial charge < -0.3 is 10.1 Å². The van der Waals surface area contributed by atoms with E-state index in [0.717, 1.165) is 5.56 Å². The number of benzene rings is 2. The number of anilines is 1. The van der Waals surface area contributed by atoms with E-state index in [1.807, 2.05) is 29.1 Å². The summed E-state index contributed by atoms with van der Waals surface area (Å²) < 4.78 is 5.54. The van der Waals surface area contributed by atoms with Gasteiger partial charge in [-0.2, -0.15) is 5.11 Å². The van der Waals surface area contributed by atoms with Crippen LogP contribution in [0.2, 0.25) is 5.02 Å². The number of nitrogens with one attached hydrogen (secondary N) is 3. The third-order valence-electron chi connectivity index (χ3n) is 5.57. The van der Waals surface area contributed by atoms with Gasteiger partial charge in [0.05, 0.1) is 29.0 Å². The first-order chi connectivity index (χ1) is 16.0. The van der Waals surface area contributed by atoms with E-state index in [4.69, 9.17) is 33.0 Å². The molecule has 1 fully saturated rings. The van der Waals surface area contributed by atoms with Crippen molar-refractivity contribution in [1.82, 2.24) is 10.9 Å². The molecule has 172 valence electrons. The second kappa shape index (κ2) is 9.63. The average molecular weight is 471 g/mol. The number of hydrogen-bond acceptors (Lipinski definition) is 9. The normalized spacial score (nSPS) is 16.6. The van der Waals surface area contributed by atoms with Crippen molar-refractivity contribution in [2.45, 2.75) is 24.9 Å². The standard InChI is InChI=1S/C21H23ClN8O3/c22-13-3-1-2-12(8-13)11-25-30-20-21(4-6-33-7-5-21)27-17-10-15(19(32)29-24)14(18(31)28-23)9-16(17)26-20/h1-3,8-10,27H,4-7,11,23-24H2,(H,28,31)(H,29,32). The Morgan fingerprint density at radius 1 is 1.12 bits per heavy atom. The molecule has 4 rings (SSSR count). The number of ether oxygens (including phenoxy) is 1. The van der Waals surface area contributed by atoms with Gasteiger partial charge in [-0.25, -0.2) is 16.7 Å². The Morgan fingerprint density at radius 3 is 2.48 bits per heavy atom. The summed E-state index contributed by atoms with van der Waals surface area (Å²) in [6.45, 7) is 1.35. The van der Waals surface area contributed by atoms with Crippen LogP contribution in [-0.2, 0) is 11.3 Å². The van der Waals surface area contributed by atoms with E-state index in [1.54, 1.807) is 6.07 Å². The zero-order chi connectivity index (χ0) is 23.4. The van der Waals surface area contributed by atoms with Crippen molar-refractivity contribution in [1.29, 1.82) is 0 Å². The maximum absolute atomic E-state index is 12.3. The van der Waals surface area contributed by atoms with E-state index >= 15 is 0 Å². The van der Waals surface area contributed by atoms with E-state index in [0.29, 0.717) is 54.8 Å².